The van der Waals surface area contributed by atoms with Gasteiger partial charge in [0.25, 0.3) is 5.91 Å². The molecule has 1 saturated heterocycles. The van der Waals surface area contributed by atoms with E-state index < -0.39 is 5.60 Å². The van der Waals surface area contributed by atoms with E-state index in [9.17, 15) is 9.59 Å². The third kappa shape index (κ3) is 3.91. The molecule has 0 aromatic heterocycles. The van der Waals surface area contributed by atoms with Crippen molar-refractivity contribution in [3.8, 4) is 0 Å². The van der Waals surface area contributed by atoms with Gasteiger partial charge in [-0.25, -0.2) is 4.79 Å². The largest absolute Gasteiger partial charge is 0.444 e. The van der Waals surface area contributed by atoms with Crippen molar-refractivity contribution in [2.45, 2.75) is 32.8 Å². The highest BCUT2D eigenvalue weighted by atomic mass is 32.2. The monoisotopic (exact) mass is 298 g/mol. The predicted molar refractivity (Wildman–Crippen MR) is 79.5 cm³/mol. The van der Waals surface area contributed by atoms with Crippen LogP contribution in [0.15, 0.2) is 11.0 Å². The number of rotatable bonds is 1. The third-order valence-corrected chi connectivity index (χ3v) is 4.23. The molecule has 0 saturated carbocycles. The van der Waals surface area contributed by atoms with Gasteiger partial charge in [-0.15, -0.1) is 11.8 Å². The molecule has 20 heavy (non-hydrogen) atoms. The molecule has 2 aliphatic rings. The summed E-state index contributed by atoms with van der Waals surface area (Å²) in [6, 6.07) is 0. The number of allylic oxidation sites excluding steroid dienone is 1. The number of piperazine rings is 1. The number of hydrogen-bond donors (Lipinski definition) is 0. The average Bonchev–Trinajstić information content (AvgIpc) is 2.90. The lowest BCUT2D eigenvalue weighted by molar-refractivity contribution is -0.128. The molecule has 0 radical (unpaired) electrons. The van der Waals surface area contributed by atoms with Crippen molar-refractivity contribution >= 4 is 23.8 Å². The van der Waals surface area contributed by atoms with Gasteiger partial charge in [0, 0.05) is 31.9 Å². The summed E-state index contributed by atoms with van der Waals surface area (Å²) >= 11 is 1.62. The second kappa shape index (κ2) is 6.08. The second-order valence-corrected chi connectivity index (χ2v) is 7.10. The van der Waals surface area contributed by atoms with Crippen LogP contribution in [0.25, 0.3) is 0 Å². The minimum absolute atomic E-state index is 0.108. The summed E-state index contributed by atoms with van der Waals surface area (Å²) in [6.07, 6.45) is 2.69. The highest BCUT2D eigenvalue weighted by Crippen LogP contribution is 2.26. The zero-order valence-electron chi connectivity index (χ0n) is 12.3. The molecule has 0 unspecified atom stereocenters. The van der Waals surface area contributed by atoms with Crippen LogP contribution < -0.4 is 0 Å². The first-order valence-corrected chi connectivity index (χ1v) is 7.95. The number of amides is 2. The molecule has 0 N–H and O–H groups in total. The first kappa shape index (κ1) is 15.2. The molecule has 2 heterocycles. The second-order valence-electron chi connectivity index (χ2n) is 5.97. The molecule has 0 aromatic carbocycles. The Labute approximate surface area is 124 Å². The van der Waals surface area contributed by atoms with E-state index in [1.54, 1.807) is 16.7 Å². The first-order valence-electron chi connectivity index (χ1n) is 6.97. The van der Waals surface area contributed by atoms with Gasteiger partial charge >= 0.3 is 6.09 Å². The Balaban J connectivity index is 1.83. The fourth-order valence-electron chi connectivity index (χ4n) is 2.14. The molecule has 6 heteroatoms. The fourth-order valence-corrected chi connectivity index (χ4v) is 3.09. The molecule has 0 bridgehead atoms. The Morgan fingerprint density at radius 1 is 1.15 bits per heavy atom. The fraction of sp³-hybridized carbons (Fsp3) is 0.714. The summed E-state index contributed by atoms with van der Waals surface area (Å²) in [5.74, 6) is 1.11. The van der Waals surface area contributed by atoms with Crippen LogP contribution in [0.3, 0.4) is 0 Å². The Morgan fingerprint density at radius 2 is 1.75 bits per heavy atom. The molecule has 112 valence electrons. The summed E-state index contributed by atoms with van der Waals surface area (Å²) in [7, 11) is 0. The molecule has 0 aromatic rings. The van der Waals surface area contributed by atoms with Gasteiger partial charge in [-0.1, -0.05) is 6.08 Å². The lowest BCUT2D eigenvalue weighted by Crippen LogP contribution is -2.51. The molecule has 2 amide bonds. The molecule has 0 atom stereocenters. The van der Waals surface area contributed by atoms with Crippen LogP contribution in [0.1, 0.15) is 27.2 Å². The molecule has 2 rings (SSSR count). The van der Waals surface area contributed by atoms with E-state index in [2.05, 4.69) is 0 Å². The van der Waals surface area contributed by atoms with E-state index in [0.29, 0.717) is 26.2 Å². The summed E-state index contributed by atoms with van der Waals surface area (Å²) < 4.78 is 5.34. The highest BCUT2D eigenvalue weighted by Gasteiger charge is 2.29. The van der Waals surface area contributed by atoms with Crippen molar-refractivity contribution in [2.24, 2.45) is 0 Å². The standard InChI is InChI=1S/C14H22N2O3S/c1-14(2,3)19-13(18)16-8-6-15(7-9-16)12(17)11-5-4-10-20-11/h5H,4,6-10H2,1-3H3. The Morgan fingerprint density at radius 3 is 2.25 bits per heavy atom. The molecule has 1 fully saturated rings. The summed E-state index contributed by atoms with van der Waals surface area (Å²) in [5.41, 5.74) is -0.477. The van der Waals surface area contributed by atoms with Gasteiger partial charge in [0.1, 0.15) is 5.60 Å². The average molecular weight is 298 g/mol. The van der Waals surface area contributed by atoms with Crippen LogP contribution in [0.5, 0.6) is 0 Å². The number of thioether (sulfide) groups is 1. The van der Waals surface area contributed by atoms with Gasteiger partial charge in [0.2, 0.25) is 0 Å². The maximum absolute atomic E-state index is 12.2. The zero-order valence-corrected chi connectivity index (χ0v) is 13.2. The Bertz CT molecular complexity index is 421. The zero-order chi connectivity index (χ0) is 14.8. The van der Waals surface area contributed by atoms with E-state index in [4.69, 9.17) is 4.74 Å². The predicted octanol–water partition coefficient (Wildman–Crippen LogP) is 2.09. The van der Waals surface area contributed by atoms with E-state index in [1.165, 1.54) is 0 Å². The van der Waals surface area contributed by atoms with Crippen LogP contribution >= 0.6 is 11.8 Å². The van der Waals surface area contributed by atoms with Crippen LogP contribution in [-0.2, 0) is 9.53 Å². The van der Waals surface area contributed by atoms with E-state index in [1.807, 2.05) is 31.7 Å². The van der Waals surface area contributed by atoms with Gasteiger partial charge in [0.15, 0.2) is 0 Å². The molecule has 5 nitrogen and oxygen atoms in total. The van der Waals surface area contributed by atoms with Crippen molar-refractivity contribution in [3.05, 3.63) is 11.0 Å². The number of carbonyl (C=O) groups is 2. The highest BCUT2D eigenvalue weighted by molar-refractivity contribution is 8.04. The summed E-state index contributed by atoms with van der Waals surface area (Å²) in [5, 5.41) is 0. The van der Waals surface area contributed by atoms with Crippen LogP contribution in [0, 0.1) is 0 Å². The molecule has 0 aliphatic carbocycles. The van der Waals surface area contributed by atoms with Gasteiger partial charge in [0.05, 0.1) is 4.91 Å². The van der Waals surface area contributed by atoms with Gasteiger partial charge < -0.3 is 14.5 Å². The maximum atomic E-state index is 12.2. The van der Waals surface area contributed by atoms with E-state index in [-0.39, 0.29) is 12.0 Å². The van der Waals surface area contributed by atoms with Gasteiger partial charge in [-0.3, -0.25) is 4.79 Å². The normalized spacial score (nSPS) is 19.9. The quantitative estimate of drug-likeness (QED) is 0.744. The van der Waals surface area contributed by atoms with E-state index >= 15 is 0 Å². The minimum atomic E-state index is -0.477. The Hall–Kier alpha value is -1.17. The van der Waals surface area contributed by atoms with Crippen molar-refractivity contribution < 1.29 is 14.3 Å². The topological polar surface area (TPSA) is 49.9 Å². The van der Waals surface area contributed by atoms with Crippen molar-refractivity contribution in [3.63, 3.8) is 0 Å². The van der Waals surface area contributed by atoms with Crippen LogP contribution in [0.4, 0.5) is 4.79 Å². The lowest BCUT2D eigenvalue weighted by Gasteiger charge is -2.35. The van der Waals surface area contributed by atoms with Crippen molar-refractivity contribution in [1.29, 1.82) is 0 Å². The van der Waals surface area contributed by atoms with Gasteiger partial charge in [-0.05, 0) is 27.2 Å². The van der Waals surface area contributed by atoms with Crippen LogP contribution in [0.2, 0.25) is 0 Å². The number of carbonyl (C=O) groups excluding carboxylic acids is 2. The minimum Gasteiger partial charge on any atom is -0.444 e. The molecular formula is C14H22N2O3S. The van der Waals surface area contributed by atoms with E-state index in [0.717, 1.165) is 17.1 Å². The summed E-state index contributed by atoms with van der Waals surface area (Å²) in [4.78, 5) is 28.5. The maximum Gasteiger partial charge on any atom is 0.410 e. The van der Waals surface area contributed by atoms with Gasteiger partial charge in [-0.2, -0.15) is 0 Å². The van der Waals surface area contributed by atoms with Crippen molar-refractivity contribution in [2.75, 3.05) is 31.9 Å². The van der Waals surface area contributed by atoms with Crippen molar-refractivity contribution in [1.82, 2.24) is 9.80 Å². The molecule has 2 aliphatic heterocycles. The summed E-state index contributed by atoms with van der Waals surface area (Å²) in [6.45, 7) is 7.81. The smallest absolute Gasteiger partial charge is 0.410 e. The number of hydrogen-bond acceptors (Lipinski definition) is 4. The number of ether oxygens (including phenoxy) is 1. The molecule has 0 spiro atoms. The lowest BCUT2D eigenvalue weighted by atomic mass is 10.2. The van der Waals surface area contributed by atoms with Crippen LogP contribution in [-0.4, -0.2) is 59.3 Å². The Kier molecular flexibility index (Phi) is 4.62. The SMILES string of the molecule is CC(C)(C)OC(=O)N1CCN(C(=O)C2=CCCS2)CC1. The number of nitrogens with zero attached hydrogens (tertiary/aromatic N) is 2. The third-order valence-electron chi connectivity index (χ3n) is 3.13. The first-order chi connectivity index (χ1) is 9.37. The molecular weight excluding hydrogens is 276 g/mol.